The minimum absolute atomic E-state index is 0.0826. The number of fused-ring (bicyclic) bond motifs is 1. The molecule has 35 heavy (non-hydrogen) atoms. The highest BCUT2D eigenvalue weighted by Crippen LogP contribution is 2.31. The molecule has 0 heterocycles. The van der Waals surface area contributed by atoms with Crippen molar-refractivity contribution in [3.05, 3.63) is 99.6 Å². The topological polar surface area (TPSA) is 92.7 Å². The molecule has 178 valence electrons. The third kappa shape index (κ3) is 5.44. The smallest absolute Gasteiger partial charge is 0.347 e. The predicted octanol–water partition coefficient (Wildman–Crippen LogP) is 6.05. The number of halogens is 1. The Balaban J connectivity index is 1.52. The van der Waals surface area contributed by atoms with Gasteiger partial charge in [-0.2, -0.15) is 0 Å². The van der Waals surface area contributed by atoms with Gasteiger partial charge >= 0.3 is 5.97 Å². The molecule has 3 aromatic rings. The first kappa shape index (κ1) is 24.2. The van der Waals surface area contributed by atoms with Crippen molar-refractivity contribution in [3.8, 4) is 5.75 Å². The van der Waals surface area contributed by atoms with Crippen molar-refractivity contribution >= 4 is 41.0 Å². The number of allylic oxidation sites excluding steroid dienone is 1. The summed E-state index contributed by atoms with van der Waals surface area (Å²) in [6.07, 6.45) is 2.99. The molecule has 3 aromatic carbocycles. The van der Waals surface area contributed by atoms with Crippen LogP contribution in [0, 0.1) is 0 Å². The highest BCUT2D eigenvalue weighted by atomic mass is 35.5. The molecule has 4 rings (SSSR count). The Kier molecular flexibility index (Phi) is 6.76. The predicted molar refractivity (Wildman–Crippen MR) is 135 cm³/mol. The maximum Gasteiger partial charge on any atom is 0.347 e. The number of hydrogen-bond acceptors (Lipinski definition) is 4. The number of aryl methyl sites for hydroxylation is 1. The lowest BCUT2D eigenvalue weighted by Crippen LogP contribution is -2.37. The zero-order chi connectivity index (χ0) is 25.2. The van der Waals surface area contributed by atoms with Crippen LogP contribution < -0.4 is 10.1 Å². The number of hydrogen-bond donors (Lipinski definition) is 2. The van der Waals surface area contributed by atoms with Gasteiger partial charge in [-0.25, -0.2) is 4.79 Å². The van der Waals surface area contributed by atoms with Crippen LogP contribution in [0.1, 0.15) is 52.1 Å². The summed E-state index contributed by atoms with van der Waals surface area (Å²) < 4.78 is 5.60. The average molecular weight is 490 g/mol. The third-order valence-corrected chi connectivity index (χ3v) is 6.10. The van der Waals surface area contributed by atoms with Gasteiger partial charge < -0.3 is 15.2 Å². The SMILES string of the molecule is CC(C)(Oc1ccc2c(c1)CC/C(=C/c1cccc(NC(=O)c3ccccc3Cl)c1)C2=O)C(=O)O. The monoisotopic (exact) mass is 489 g/mol. The Labute approximate surface area is 208 Å². The van der Waals surface area contributed by atoms with Crippen molar-refractivity contribution in [1.82, 2.24) is 0 Å². The highest BCUT2D eigenvalue weighted by Gasteiger charge is 2.30. The molecule has 2 N–H and O–H groups in total. The number of Topliss-reactive ketones (excluding diaryl/α,β-unsaturated/α-hetero) is 1. The summed E-state index contributed by atoms with van der Waals surface area (Å²) >= 11 is 6.12. The van der Waals surface area contributed by atoms with Gasteiger partial charge in [-0.3, -0.25) is 9.59 Å². The van der Waals surface area contributed by atoms with E-state index in [1.54, 1.807) is 54.6 Å². The number of benzene rings is 3. The number of carbonyl (C=O) groups excluding carboxylic acids is 2. The van der Waals surface area contributed by atoms with Crippen molar-refractivity contribution in [2.75, 3.05) is 5.32 Å². The molecule has 0 aromatic heterocycles. The summed E-state index contributed by atoms with van der Waals surface area (Å²) in [5.41, 5.74) is 2.45. The average Bonchev–Trinajstić information content (AvgIpc) is 2.81. The molecule has 6 nitrogen and oxygen atoms in total. The summed E-state index contributed by atoms with van der Waals surface area (Å²) in [5, 5.41) is 12.5. The number of ketones is 1. The number of aliphatic carboxylic acids is 1. The van der Waals surface area contributed by atoms with Crippen molar-refractivity contribution < 1.29 is 24.2 Å². The minimum atomic E-state index is -1.37. The van der Waals surface area contributed by atoms with Crippen LogP contribution in [-0.4, -0.2) is 28.4 Å². The fraction of sp³-hybridized carbons (Fsp3) is 0.179. The number of carbonyl (C=O) groups is 3. The molecule has 0 fully saturated rings. The summed E-state index contributed by atoms with van der Waals surface area (Å²) in [5.74, 6) is -1.05. The van der Waals surface area contributed by atoms with Crippen LogP contribution in [0.25, 0.3) is 6.08 Å². The minimum Gasteiger partial charge on any atom is -0.478 e. The Morgan fingerprint density at radius 2 is 1.80 bits per heavy atom. The van der Waals surface area contributed by atoms with E-state index in [0.29, 0.717) is 46.0 Å². The number of anilines is 1. The molecular formula is C28H24ClNO5. The first-order valence-electron chi connectivity index (χ1n) is 11.1. The molecule has 1 aliphatic rings. The van der Waals surface area contributed by atoms with Gasteiger partial charge in [0.2, 0.25) is 0 Å². The lowest BCUT2D eigenvalue weighted by Gasteiger charge is -2.23. The summed E-state index contributed by atoms with van der Waals surface area (Å²) in [7, 11) is 0. The van der Waals surface area contributed by atoms with E-state index in [-0.39, 0.29) is 11.7 Å². The van der Waals surface area contributed by atoms with E-state index in [4.69, 9.17) is 16.3 Å². The van der Waals surface area contributed by atoms with Gasteiger partial charge in [0.25, 0.3) is 5.91 Å². The second-order valence-electron chi connectivity index (χ2n) is 8.79. The molecule has 0 aliphatic heterocycles. The first-order chi connectivity index (χ1) is 16.6. The zero-order valence-corrected chi connectivity index (χ0v) is 20.1. The van der Waals surface area contributed by atoms with E-state index >= 15 is 0 Å². The Morgan fingerprint density at radius 1 is 1.03 bits per heavy atom. The summed E-state index contributed by atoms with van der Waals surface area (Å²) in [6.45, 7) is 2.96. The number of carboxylic acids is 1. The second kappa shape index (κ2) is 9.76. The fourth-order valence-corrected chi connectivity index (χ4v) is 4.07. The summed E-state index contributed by atoms with van der Waals surface area (Å²) in [4.78, 5) is 37.0. The van der Waals surface area contributed by atoms with Crippen LogP contribution in [0.2, 0.25) is 5.02 Å². The van der Waals surface area contributed by atoms with Crippen molar-refractivity contribution in [1.29, 1.82) is 0 Å². The number of amides is 1. The van der Waals surface area contributed by atoms with Crippen molar-refractivity contribution in [2.24, 2.45) is 0 Å². The normalized spacial score (nSPS) is 14.4. The largest absolute Gasteiger partial charge is 0.478 e. The molecular weight excluding hydrogens is 466 g/mol. The van der Waals surface area contributed by atoms with Gasteiger partial charge in [0, 0.05) is 16.8 Å². The van der Waals surface area contributed by atoms with Gasteiger partial charge in [0.05, 0.1) is 10.6 Å². The van der Waals surface area contributed by atoms with Crippen molar-refractivity contribution in [2.45, 2.75) is 32.3 Å². The maximum absolute atomic E-state index is 13.1. The second-order valence-corrected chi connectivity index (χ2v) is 9.20. The third-order valence-electron chi connectivity index (χ3n) is 5.77. The van der Waals surface area contributed by atoms with E-state index in [2.05, 4.69) is 5.32 Å². The van der Waals surface area contributed by atoms with E-state index in [0.717, 1.165) is 11.1 Å². The zero-order valence-electron chi connectivity index (χ0n) is 19.3. The number of nitrogens with one attached hydrogen (secondary N) is 1. The van der Waals surface area contributed by atoms with Crippen LogP contribution in [-0.2, 0) is 11.2 Å². The standard InChI is InChI=1S/C28H24ClNO5/c1-28(2,27(33)34)35-21-12-13-22-18(16-21)10-11-19(25(22)31)14-17-6-5-7-20(15-17)30-26(32)23-8-3-4-9-24(23)29/h3-9,12-16H,10-11H2,1-2H3,(H,30,32)(H,33,34)/b19-14-. The number of carboxylic acid groups (broad SMARTS) is 1. The van der Waals surface area contributed by atoms with E-state index in [1.165, 1.54) is 13.8 Å². The Bertz CT molecular complexity index is 1360. The quantitative estimate of drug-likeness (QED) is 0.411. The molecule has 1 amide bonds. The fourth-order valence-electron chi connectivity index (χ4n) is 3.84. The molecule has 0 bridgehead atoms. The van der Waals surface area contributed by atoms with Crippen molar-refractivity contribution in [3.63, 3.8) is 0 Å². The molecule has 0 atom stereocenters. The van der Waals surface area contributed by atoms with Crippen LogP contribution in [0.3, 0.4) is 0 Å². The Hall–Kier alpha value is -3.90. The van der Waals surface area contributed by atoms with Gasteiger partial charge in [-0.1, -0.05) is 35.9 Å². The molecule has 0 spiro atoms. The van der Waals surface area contributed by atoms with E-state index in [1.807, 2.05) is 18.2 Å². The maximum atomic E-state index is 13.1. The molecule has 1 aliphatic carbocycles. The van der Waals surface area contributed by atoms with Crippen LogP contribution in [0.4, 0.5) is 5.69 Å². The van der Waals surface area contributed by atoms with E-state index < -0.39 is 11.6 Å². The molecule has 0 saturated carbocycles. The van der Waals surface area contributed by atoms with Gasteiger partial charge in [-0.15, -0.1) is 0 Å². The molecule has 0 unspecified atom stereocenters. The van der Waals surface area contributed by atoms with E-state index in [9.17, 15) is 19.5 Å². The van der Waals surface area contributed by atoms with Gasteiger partial charge in [0.1, 0.15) is 5.75 Å². The molecule has 0 radical (unpaired) electrons. The molecule has 7 heteroatoms. The van der Waals surface area contributed by atoms with Gasteiger partial charge in [-0.05, 0) is 86.4 Å². The molecule has 0 saturated heterocycles. The highest BCUT2D eigenvalue weighted by molar-refractivity contribution is 6.34. The lowest BCUT2D eigenvalue weighted by atomic mass is 9.86. The number of rotatable bonds is 6. The van der Waals surface area contributed by atoms with Crippen LogP contribution in [0.15, 0.2) is 72.3 Å². The van der Waals surface area contributed by atoms with Crippen LogP contribution in [0.5, 0.6) is 5.75 Å². The summed E-state index contributed by atoms with van der Waals surface area (Å²) in [6, 6.07) is 19.1. The number of ether oxygens (including phenoxy) is 1. The lowest BCUT2D eigenvalue weighted by molar-refractivity contribution is -0.152. The van der Waals surface area contributed by atoms with Gasteiger partial charge in [0.15, 0.2) is 11.4 Å². The van der Waals surface area contributed by atoms with Crippen LogP contribution >= 0.6 is 11.6 Å². The Morgan fingerprint density at radius 3 is 2.54 bits per heavy atom. The first-order valence-corrected chi connectivity index (χ1v) is 11.5.